The van der Waals surface area contributed by atoms with E-state index in [9.17, 15) is 4.39 Å². The zero-order valence-corrected chi connectivity index (χ0v) is 7.22. The minimum Gasteiger partial charge on any atom is -0.492 e. The Bertz CT molecular complexity index is 260. The highest BCUT2D eigenvalue weighted by Crippen LogP contribution is 2.31. The number of aromatic nitrogens is 1. The van der Waals surface area contributed by atoms with Gasteiger partial charge in [0.2, 0.25) is 5.75 Å². The molecule has 1 heterocycles. The van der Waals surface area contributed by atoms with Gasteiger partial charge in [0, 0.05) is 11.8 Å². The Labute approximate surface area is 70.1 Å². The van der Waals surface area contributed by atoms with Crippen LogP contribution in [-0.4, -0.2) is 19.2 Å². The molecule has 1 rings (SSSR count). The molecule has 66 valence electrons. The van der Waals surface area contributed by atoms with Gasteiger partial charge in [0.15, 0.2) is 5.75 Å². The molecule has 0 aliphatic rings. The van der Waals surface area contributed by atoms with Gasteiger partial charge in [-0.1, -0.05) is 0 Å². The molecule has 0 saturated carbocycles. The van der Waals surface area contributed by atoms with E-state index in [0.717, 1.165) is 5.56 Å². The third-order valence-corrected chi connectivity index (χ3v) is 1.53. The van der Waals surface area contributed by atoms with Gasteiger partial charge in [0.25, 0.3) is 5.95 Å². The van der Waals surface area contributed by atoms with Crippen LogP contribution in [0.15, 0.2) is 6.20 Å². The Kier molecular flexibility index (Phi) is 2.47. The molecule has 0 aliphatic heterocycles. The van der Waals surface area contributed by atoms with Gasteiger partial charge in [-0.05, 0) is 6.92 Å². The maximum atomic E-state index is 12.9. The number of ether oxygens (including phenoxy) is 2. The van der Waals surface area contributed by atoms with Gasteiger partial charge in [0.1, 0.15) is 0 Å². The molecule has 0 unspecified atom stereocenters. The van der Waals surface area contributed by atoms with Gasteiger partial charge >= 0.3 is 0 Å². The third kappa shape index (κ3) is 1.32. The van der Waals surface area contributed by atoms with Crippen LogP contribution < -0.4 is 9.47 Å². The van der Waals surface area contributed by atoms with Crippen molar-refractivity contribution in [2.24, 2.45) is 0 Å². The molecule has 1 aromatic heterocycles. The van der Waals surface area contributed by atoms with Gasteiger partial charge in [-0.25, -0.2) is 4.98 Å². The second kappa shape index (κ2) is 3.38. The van der Waals surface area contributed by atoms with Crippen molar-refractivity contribution >= 4 is 0 Å². The second-order valence-corrected chi connectivity index (χ2v) is 2.30. The molecular weight excluding hydrogens is 161 g/mol. The van der Waals surface area contributed by atoms with E-state index in [4.69, 9.17) is 9.47 Å². The van der Waals surface area contributed by atoms with Crippen LogP contribution >= 0.6 is 0 Å². The fourth-order valence-electron chi connectivity index (χ4n) is 0.974. The fraction of sp³-hybridized carbons (Fsp3) is 0.375. The third-order valence-electron chi connectivity index (χ3n) is 1.53. The summed E-state index contributed by atoms with van der Waals surface area (Å²) in [4.78, 5) is 3.49. The lowest BCUT2D eigenvalue weighted by atomic mass is 10.3. The predicted octanol–water partition coefficient (Wildman–Crippen LogP) is 1.55. The number of pyridine rings is 1. The van der Waals surface area contributed by atoms with Crippen LogP contribution in [0.4, 0.5) is 4.39 Å². The first kappa shape index (κ1) is 8.77. The van der Waals surface area contributed by atoms with E-state index in [1.165, 1.54) is 20.4 Å². The van der Waals surface area contributed by atoms with Crippen molar-refractivity contribution in [3.63, 3.8) is 0 Å². The van der Waals surface area contributed by atoms with Crippen LogP contribution in [0.1, 0.15) is 5.56 Å². The zero-order valence-electron chi connectivity index (χ0n) is 7.22. The lowest BCUT2D eigenvalue weighted by Crippen LogP contribution is -1.98. The quantitative estimate of drug-likeness (QED) is 0.632. The van der Waals surface area contributed by atoms with Crippen LogP contribution in [-0.2, 0) is 0 Å². The number of hydrogen-bond donors (Lipinski definition) is 0. The van der Waals surface area contributed by atoms with E-state index in [-0.39, 0.29) is 5.75 Å². The van der Waals surface area contributed by atoms with Gasteiger partial charge in [0.05, 0.1) is 14.2 Å². The number of hydrogen-bond acceptors (Lipinski definition) is 3. The summed E-state index contributed by atoms with van der Waals surface area (Å²) in [7, 11) is 2.84. The maximum absolute atomic E-state index is 12.9. The highest BCUT2D eigenvalue weighted by molar-refractivity contribution is 5.43. The molecule has 0 bridgehead atoms. The van der Waals surface area contributed by atoms with Gasteiger partial charge < -0.3 is 9.47 Å². The predicted molar refractivity (Wildman–Crippen MR) is 42.0 cm³/mol. The topological polar surface area (TPSA) is 31.4 Å². The van der Waals surface area contributed by atoms with Crippen molar-refractivity contribution in [3.05, 3.63) is 17.7 Å². The first-order chi connectivity index (χ1) is 5.70. The van der Waals surface area contributed by atoms with E-state index in [0.29, 0.717) is 5.75 Å². The fourth-order valence-corrected chi connectivity index (χ4v) is 0.974. The molecule has 0 N–H and O–H groups in total. The molecule has 12 heavy (non-hydrogen) atoms. The van der Waals surface area contributed by atoms with Crippen molar-refractivity contribution in [1.29, 1.82) is 0 Å². The van der Waals surface area contributed by atoms with Crippen LogP contribution in [0.2, 0.25) is 0 Å². The number of aryl methyl sites for hydroxylation is 1. The SMILES string of the molecule is COc1c(C)cnc(F)c1OC. The Hall–Kier alpha value is -1.32. The van der Waals surface area contributed by atoms with Crippen LogP contribution in [0.3, 0.4) is 0 Å². The molecule has 1 aromatic rings. The largest absolute Gasteiger partial charge is 0.492 e. The molecular formula is C8H10FNO2. The van der Waals surface area contributed by atoms with Crippen molar-refractivity contribution in [1.82, 2.24) is 4.98 Å². The average molecular weight is 171 g/mol. The Balaban J connectivity index is 3.28. The zero-order chi connectivity index (χ0) is 9.14. The molecule has 0 radical (unpaired) electrons. The smallest absolute Gasteiger partial charge is 0.259 e. The molecule has 3 nitrogen and oxygen atoms in total. The van der Waals surface area contributed by atoms with Crippen molar-refractivity contribution < 1.29 is 13.9 Å². The van der Waals surface area contributed by atoms with Gasteiger partial charge in [-0.2, -0.15) is 4.39 Å². The number of nitrogens with zero attached hydrogens (tertiary/aromatic N) is 1. The minimum atomic E-state index is -0.653. The van der Waals surface area contributed by atoms with Crippen molar-refractivity contribution in [3.8, 4) is 11.5 Å². The summed E-state index contributed by atoms with van der Waals surface area (Å²) < 4.78 is 22.6. The standard InChI is InChI=1S/C8H10FNO2/c1-5-4-10-8(9)7(12-3)6(5)11-2/h4H,1-3H3. The van der Waals surface area contributed by atoms with Crippen molar-refractivity contribution in [2.75, 3.05) is 14.2 Å². The molecule has 0 spiro atoms. The summed E-state index contributed by atoms with van der Waals surface area (Å²) in [5, 5.41) is 0. The molecule has 0 amide bonds. The molecule has 0 saturated heterocycles. The minimum absolute atomic E-state index is 0.0532. The number of halogens is 1. The first-order valence-corrected chi connectivity index (χ1v) is 3.43. The summed E-state index contributed by atoms with van der Waals surface area (Å²) in [5.41, 5.74) is 0.746. The normalized spacial score (nSPS) is 9.67. The van der Waals surface area contributed by atoms with Crippen LogP contribution in [0, 0.1) is 12.9 Å². The summed E-state index contributed by atoms with van der Waals surface area (Å²) in [6, 6.07) is 0. The maximum Gasteiger partial charge on any atom is 0.259 e. The number of rotatable bonds is 2. The molecule has 4 heteroatoms. The van der Waals surface area contributed by atoms with E-state index in [2.05, 4.69) is 4.98 Å². The monoisotopic (exact) mass is 171 g/mol. The Morgan fingerprint density at radius 2 is 1.83 bits per heavy atom. The summed E-state index contributed by atoms with van der Waals surface area (Å²) in [6.07, 6.45) is 1.40. The molecule has 0 aromatic carbocycles. The van der Waals surface area contributed by atoms with Gasteiger partial charge in [-0.3, -0.25) is 0 Å². The Morgan fingerprint density at radius 1 is 1.25 bits per heavy atom. The first-order valence-electron chi connectivity index (χ1n) is 3.43. The number of methoxy groups -OCH3 is 2. The van der Waals surface area contributed by atoms with E-state index < -0.39 is 5.95 Å². The van der Waals surface area contributed by atoms with Gasteiger partial charge in [-0.15, -0.1) is 0 Å². The highest BCUT2D eigenvalue weighted by atomic mass is 19.1. The van der Waals surface area contributed by atoms with Crippen LogP contribution in [0.5, 0.6) is 11.5 Å². The molecule has 0 aliphatic carbocycles. The lowest BCUT2D eigenvalue weighted by Gasteiger charge is -2.09. The van der Waals surface area contributed by atoms with E-state index in [1.54, 1.807) is 6.92 Å². The highest BCUT2D eigenvalue weighted by Gasteiger charge is 2.13. The van der Waals surface area contributed by atoms with E-state index in [1.807, 2.05) is 0 Å². The summed E-state index contributed by atoms with van der Waals surface area (Å²) >= 11 is 0. The lowest BCUT2D eigenvalue weighted by molar-refractivity contribution is 0.329. The molecule has 0 atom stereocenters. The van der Waals surface area contributed by atoms with Crippen molar-refractivity contribution in [2.45, 2.75) is 6.92 Å². The summed E-state index contributed by atoms with van der Waals surface area (Å²) in [6.45, 7) is 1.77. The van der Waals surface area contributed by atoms with Crippen LogP contribution in [0.25, 0.3) is 0 Å². The van der Waals surface area contributed by atoms with E-state index >= 15 is 0 Å². The second-order valence-electron chi connectivity index (χ2n) is 2.30. The molecule has 0 fully saturated rings. The average Bonchev–Trinajstić information content (AvgIpc) is 2.08. The Morgan fingerprint density at radius 3 is 2.25 bits per heavy atom. The summed E-state index contributed by atoms with van der Waals surface area (Å²) in [5.74, 6) is -0.206.